The van der Waals surface area contributed by atoms with Gasteiger partial charge in [-0.1, -0.05) is 29.3 Å². The maximum Gasteiger partial charge on any atom is 0.103 e. The monoisotopic (exact) mass is 258 g/mol. The Balaban J connectivity index is 1.99. The van der Waals surface area contributed by atoms with Gasteiger partial charge in [-0.25, -0.2) is 0 Å². The highest BCUT2D eigenvalue weighted by atomic mass is 35.5. The number of halogens is 2. The van der Waals surface area contributed by atoms with Crippen molar-refractivity contribution < 1.29 is 4.90 Å². The molecular weight excluding hydrogens is 241 g/mol. The second kappa shape index (κ2) is 5.90. The molecule has 16 heavy (non-hydrogen) atoms. The molecular formula is C13H18Cl2N+. The lowest BCUT2D eigenvalue weighted by Gasteiger charge is -2.17. The van der Waals surface area contributed by atoms with Crippen molar-refractivity contribution in [2.45, 2.75) is 32.2 Å². The SMILES string of the molecule is Clc1ccc(C[NH+]2CCCCCC2)cc1Cl. The Morgan fingerprint density at radius 1 is 0.938 bits per heavy atom. The fraction of sp³-hybridized carbons (Fsp3) is 0.538. The predicted molar refractivity (Wildman–Crippen MR) is 69.3 cm³/mol. The lowest BCUT2D eigenvalue weighted by atomic mass is 10.2. The molecule has 0 aromatic heterocycles. The number of benzene rings is 1. The molecule has 0 unspecified atom stereocenters. The summed E-state index contributed by atoms with van der Waals surface area (Å²) < 4.78 is 0. The van der Waals surface area contributed by atoms with Crippen LogP contribution in [0.3, 0.4) is 0 Å². The number of hydrogen-bond donors (Lipinski definition) is 1. The standard InChI is InChI=1S/C13H17Cl2N/c14-12-6-5-11(9-13(12)15)10-16-7-3-1-2-4-8-16/h5-6,9H,1-4,7-8,10H2/p+1. The molecule has 1 aliphatic rings. The van der Waals surface area contributed by atoms with Gasteiger partial charge in [-0.3, -0.25) is 0 Å². The van der Waals surface area contributed by atoms with Crippen LogP contribution < -0.4 is 4.90 Å². The highest BCUT2D eigenvalue weighted by Gasteiger charge is 2.13. The molecule has 2 rings (SSSR count). The largest absolute Gasteiger partial charge is 0.331 e. The van der Waals surface area contributed by atoms with Gasteiger partial charge in [0.25, 0.3) is 0 Å². The second-order valence-electron chi connectivity index (χ2n) is 4.59. The van der Waals surface area contributed by atoms with Crippen LogP contribution in [0.4, 0.5) is 0 Å². The van der Waals surface area contributed by atoms with Crippen LogP contribution in [0.2, 0.25) is 10.0 Å². The van der Waals surface area contributed by atoms with Gasteiger partial charge in [0.05, 0.1) is 23.1 Å². The Kier molecular flexibility index (Phi) is 4.51. The van der Waals surface area contributed by atoms with Gasteiger partial charge < -0.3 is 4.90 Å². The number of nitrogens with one attached hydrogen (secondary N) is 1. The Morgan fingerprint density at radius 3 is 2.25 bits per heavy atom. The van der Waals surface area contributed by atoms with E-state index in [1.54, 1.807) is 4.90 Å². The third-order valence-electron chi connectivity index (χ3n) is 3.25. The third-order valence-corrected chi connectivity index (χ3v) is 3.99. The van der Waals surface area contributed by atoms with Crippen molar-refractivity contribution in [2.75, 3.05) is 13.1 Å². The van der Waals surface area contributed by atoms with E-state index in [0.717, 1.165) is 6.54 Å². The summed E-state index contributed by atoms with van der Waals surface area (Å²) in [7, 11) is 0. The van der Waals surface area contributed by atoms with E-state index in [9.17, 15) is 0 Å². The summed E-state index contributed by atoms with van der Waals surface area (Å²) in [4.78, 5) is 1.68. The minimum Gasteiger partial charge on any atom is -0.331 e. The molecule has 0 spiro atoms. The van der Waals surface area contributed by atoms with Crippen LogP contribution in [0.1, 0.15) is 31.2 Å². The first kappa shape index (κ1) is 12.2. The van der Waals surface area contributed by atoms with Crippen molar-refractivity contribution in [3.63, 3.8) is 0 Å². The molecule has 1 fully saturated rings. The maximum absolute atomic E-state index is 6.02. The second-order valence-corrected chi connectivity index (χ2v) is 5.40. The summed E-state index contributed by atoms with van der Waals surface area (Å²) in [5.41, 5.74) is 1.30. The lowest BCUT2D eigenvalue weighted by molar-refractivity contribution is -0.913. The zero-order valence-corrected chi connectivity index (χ0v) is 10.9. The lowest BCUT2D eigenvalue weighted by Crippen LogP contribution is -3.10. The van der Waals surface area contributed by atoms with E-state index in [-0.39, 0.29) is 0 Å². The molecule has 88 valence electrons. The van der Waals surface area contributed by atoms with Crippen LogP contribution >= 0.6 is 23.2 Å². The molecule has 1 N–H and O–H groups in total. The quantitative estimate of drug-likeness (QED) is 0.832. The van der Waals surface area contributed by atoms with Crippen molar-refractivity contribution in [2.24, 2.45) is 0 Å². The van der Waals surface area contributed by atoms with Gasteiger partial charge >= 0.3 is 0 Å². The topological polar surface area (TPSA) is 4.44 Å². The first-order valence-corrected chi connectivity index (χ1v) is 6.79. The van der Waals surface area contributed by atoms with Crippen LogP contribution in [0.25, 0.3) is 0 Å². The summed E-state index contributed by atoms with van der Waals surface area (Å²) in [5.74, 6) is 0. The number of hydrogen-bond acceptors (Lipinski definition) is 0. The zero-order valence-electron chi connectivity index (χ0n) is 9.44. The fourth-order valence-electron chi connectivity index (χ4n) is 2.34. The van der Waals surface area contributed by atoms with Gasteiger partial charge in [-0.2, -0.15) is 0 Å². The molecule has 1 heterocycles. The van der Waals surface area contributed by atoms with Gasteiger partial charge in [0.15, 0.2) is 0 Å². The average molecular weight is 259 g/mol. The molecule has 0 aliphatic carbocycles. The van der Waals surface area contributed by atoms with Crippen molar-refractivity contribution in [3.05, 3.63) is 33.8 Å². The average Bonchev–Trinajstić information content (AvgIpc) is 2.52. The summed E-state index contributed by atoms with van der Waals surface area (Å²) in [6.07, 6.45) is 5.50. The highest BCUT2D eigenvalue weighted by Crippen LogP contribution is 2.22. The van der Waals surface area contributed by atoms with Crippen LogP contribution in [-0.4, -0.2) is 13.1 Å². The van der Waals surface area contributed by atoms with E-state index in [4.69, 9.17) is 23.2 Å². The number of quaternary nitrogens is 1. The van der Waals surface area contributed by atoms with E-state index in [0.29, 0.717) is 10.0 Å². The minimum atomic E-state index is 0.649. The molecule has 3 heteroatoms. The molecule has 0 atom stereocenters. The molecule has 0 amide bonds. The highest BCUT2D eigenvalue weighted by molar-refractivity contribution is 6.41. The number of rotatable bonds is 2. The molecule has 1 aromatic rings. The molecule has 0 saturated carbocycles. The van der Waals surface area contributed by atoms with Crippen molar-refractivity contribution in [3.8, 4) is 0 Å². The first-order valence-electron chi connectivity index (χ1n) is 6.03. The van der Waals surface area contributed by atoms with Crippen molar-refractivity contribution in [1.82, 2.24) is 0 Å². The van der Waals surface area contributed by atoms with Crippen LogP contribution in [-0.2, 0) is 6.54 Å². The first-order chi connectivity index (χ1) is 7.75. The summed E-state index contributed by atoms with van der Waals surface area (Å²) in [6, 6.07) is 5.99. The molecule has 1 aromatic carbocycles. The molecule has 1 aliphatic heterocycles. The van der Waals surface area contributed by atoms with Crippen LogP contribution in [0.5, 0.6) is 0 Å². The molecule has 1 nitrogen and oxygen atoms in total. The number of likely N-dealkylation sites (tertiary alicyclic amines) is 1. The van der Waals surface area contributed by atoms with E-state index in [1.165, 1.54) is 44.3 Å². The van der Waals surface area contributed by atoms with Gasteiger partial charge in [0.1, 0.15) is 6.54 Å². The minimum absolute atomic E-state index is 0.649. The third kappa shape index (κ3) is 3.38. The molecule has 0 bridgehead atoms. The van der Waals surface area contributed by atoms with Crippen LogP contribution in [0.15, 0.2) is 18.2 Å². The summed E-state index contributed by atoms with van der Waals surface area (Å²) >= 11 is 11.9. The summed E-state index contributed by atoms with van der Waals surface area (Å²) in [5, 5.41) is 1.32. The molecule has 0 radical (unpaired) electrons. The van der Waals surface area contributed by atoms with Crippen molar-refractivity contribution in [1.29, 1.82) is 0 Å². The Bertz CT molecular complexity index is 344. The molecule has 1 saturated heterocycles. The van der Waals surface area contributed by atoms with E-state index in [2.05, 4.69) is 6.07 Å². The van der Waals surface area contributed by atoms with Gasteiger partial charge in [-0.05, 0) is 37.8 Å². The Morgan fingerprint density at radius 2 is 1.62 bits per heavy atom. The van der Waals surface area contributed by atoms with E-state index < -0.39 is 0 Å². The van der Waals surface area contributed by atoms with Gasteiger partial charge in [-0.15, -0.1) is 0 Å². The van der Waals surface area contributed by atoms with E-state index >= 15 is 0 Å². The predicted octanol–water partition coefficient (Wildman–Crippen LogP) is 2.95. The zero-order chi connectivity index (χ0) is 11.4. The normalized spacial score (nSPS) is 18.4. The smallest absolute Gasteiger partial charge is 0.103 e. The maximum atomic E-state index is 6.02. The Labute approximate surface area is 107 Å². The van der Waals surface area contributed by atoms with Crippen molar-refractivity contribution >= 4 is 23.2 Å². The van der Waals surface area contributed by atoms with Gasteiger partial charge in [0.2, 0.25) is 0 Å². The van der Waals surface area contributed by atoms with E-state index in [1.807, 2.05) is 12.1 Å². The van der Waals surface area contributed by atoms with Crippen LogP contribution in [0, 0.1) is 0 Å². The van der Waals surface area contributed by atoms with Gasteiger partial charge in [0, 0.05) is 5.56 Å². The fourth-order valence-corrected chi connectivity index (χ4v) is 2.66. The summed E-state index contributed by atoms with van der Waals surface area (Å²) in [6.45, 7) is 3.66. The Hall–Kier alpha value is -0.240.